The van der Waals surface area contributed by atoms with Gasteiger partial charge in [0.1, 0.15) is 5.82 Å². The lowest BCUT2D eigenvalue weighted by Gasteiger charge is -2.13. The number of aromatic nitrogens is 2. The maximum Gasteiger partial charge on any atom is 0.111 e. The van der Waals surface area contributed by atoms with Gasteiger partial charge in [-0.2, -0.15) is 0 Å². The molecule has 0 aliphatic carbocycles. The molecule has 0 aromatic carbocycles. The minimum absolute atomic E-state index is 0.433. The number of hydrogen-bond donors (Lipinski definition) is 1. The van der Waals surface area contributed by atoms with Crippen molar-refractivity contribution in [2.75, 3.05) is 19.7 Å². The van der Waals surface area contributed by atoms with Crippen LogP contribution < -0.4 is 5.32 Å². The van der Waals surface area contributed by atoms with Crippen LogP contribution in [-0.4, -0.2) is 35.4 Å². The predicted molar refractivity (Wildman–Crippen MR) is 68.2 cm³/mol. The lowest BCUT2D eigenvalue weighted by Crippen LogP contribution is -2.29. The number of rotatable bonds is 6. The van der Waals surface area contributed by atoms with E-state index in [1.807, 2.05) is 6.20 Å². The molecule has 1 atom stereocenters. The third-order valence-corrected chi connectivity index (χ3v) is 3.19. The molecule has 2 rings (SSSR count). The largest absolute Gasteiger partial charge is 0.377 e. The van der Waals surface area contributed by atoms with Crippen molar-refractivity contribution in [1.82, 2.24) is 14.9 Å². The summed E-state index contributed by atoms with van der Waals surface area (Å²) < 4.78 is 7.80. The summed E-state index contributed by atoms with van der Waals surface area (Å²) in [5.41, 5.74) is 0. The number of nitrogens with zero attached hydrogens (tertiary/aromatic N) is 2. The third-order valence-electron chi connectivity index (χ3n) is 3.19. The fourth-order valence-electron chi connectivity index (χ4n) is 2.28. The molecule has 1 aromatic heterocycles. The molecule has 0 amide bonds. The summed E-state index contributed by atoms with van der Waals surface area (Å²) in [5.74, 6) is 1.66. The van der Waals surface area contributed by atoms with Crippen molar-refractivity contribution in [3.05, 3.63) is 18.2 Å². The number of imidazole rings is 1. The minimum Gasteiger partial charge on any atom is -0.377 e. The number of nitrogens with one attached hydrogen (secondary N) is 1. The Bertz CT molecular complexity index is 329. The average Bonchev–Trinajstić information content (AvgIpc) is 2.95. The summed E-state index contributed by atoms with van der Waals surface area (Å²) in [5, 5.41) is 3.46. The van der Waals surface area contributed by atoms with Crippen LogP contribution in [0.5, 0.6) is 0 Å². The second kappa shape index (κ2) is 6.17. The fraction of sp³-hybridized carbons (Fsp3) is 0.769. The second-order valence-electron chi connectivity index (χ2n) is 4.97. The van der Waals surface area contributed by atoms with Gasteiger partial charge in [0.2, 0.25) is 0 Å². The first-order valence-corrected chi connectivity index (χ1v) is 6.60. The van der Waals surface area contributed by atoms with E-state index in [4.69, 9.17) is 4.74 Å². The topological polar surface area (TPSA) is 39.1 Å². The molecule has 0 spiro atoms. The van der Waals surface area contributed by atoms with Crippen molar-refractivity contribution >= 4 is 0 Å². The quantitative estimate of drug-likeness (QED) is 0.766. The van der Waals surface area contributed by atoms with E-state index < -0.39 is 0 Å². The van der Waals surface area contributed by atoms with Gasteiger partial charge in [0, 0.05) is 44.6 Å². The Morgan fingerprint density at radius 3 is 3.18 bits per heavy atom. The Morgan fingerprint density at radius 1 is 1.59 bits per heavy atom. The lowest BCUT2D eigenvalue weighted by atomic mass is 10.2. The van der Waals surface area contributed by atoms with Crippen molar-refractivity contribution in [3.63, 3.8) is 0 Å². The SMILES string of the molecule is CC(C)c1nccn1CCNCC1CCCO1. The summed E-state index contributed by atoms with van der Waals surface area (Å²) in [6, 6.07) is 0. The molecule has 2 heterocycles. The van der Waals surface area contributed by atoms with Crippen LogP contribution in [0.2, 0.25) is 0 Å². The van der Waals surface area contributed by atoms with E-state index in [1.165, 1.54) is 18.7 Å². The van der Waals surface area contributed by atoms with E-state index in [1.54, 1.807) is 0 Å². The van der Waals surface area contributed by atoms with E-state index in [0.29, 0.717) is 12.0 Å². The smallest absolute Gasteiger partial charge is 0.111 e. The standard InChI is InChI=1S/C13H23N3O/c1-11(2)13-15-6-8-16(13)7-5-14-10-12-4-3-9-17-12/h6,8,11-12,14H,3-5,7,9-10H2,1-2H3. The van der Waals surface area contributed by atoms with Gasteiger partial charge in [-0.05, 0) is 12.8 Å². The average molecular weight is 237 g/mol. The summed E-state index contributed by atoms with van der Waals surface area (Å²) in [6.07, 6.45) is 6.79. The molecule has 1 N–H and O–H groups in total. The zero-order chi connectivity index (χ0) is 12.1. The molecule has 1 aliphatic rings. The summed E-state index contributed by atoms with van der Waals surface area (Å²) in [6.45, 7) is 8.24. The highest BCUT2D eigenvalue weighted by Gasteiger charge is 2.14. The molecule has 0 radical (unpaired) electrons. The van der Waals surface area contributed by atoms with Gasteiger partial charge in [0.25, 0.3) is 0 Å². The van der Waals surface area contributed by atoms with Crippen molar-refractivity contribution < 1.29 is 4.74 Å². The van der Waals surface area contributed by atoms with Crippen LogP contribution in [0.25, 0.3) is 0 Å². The molecule has 1 fully saturated rings. The van der Waals surface area contributed by atoms with E-state index in [2.05, 4.69) is 34.9 Å². The van der Waals surface area contributed by atoms with E-state index in [0.717, 1.165) is 26.2 Å². The molecular formula is C13H23N3O. The zero-order valence-corrected chi connectivity index (χ0v) is 10.9. The van der Waals surface area contributed by atoms with Gasteiger partial charge in [-0.3, -0.25) is 0 Å². The second-order valence-corrected chi connectivity index (χ2v) is 4.97. The van der Waals surface area contributed by atoms with E-state index in [-0.39, 0.29) is 0 Å². The first-order chi connectivity index (χ1) is 8.27. The Hall–Kier alpha value is -0.870. The fourth-order valence-corrected chi connectivity index (χ4v) is 2.28. The van der Waals surface area contributed by atoms with Crippen LogP contribution in [0.3, 0.4) is 0 Å². The molecular weight excluding hydrogens is 214 g/mol. The van der Waals surface area contributed by atoms with E-state index in [9.17, 15) is 0 Å². The van der Waals surface area contributed by atoms with Gasteiger partial charge in [0.15, 0.2) is 0 Å². The number of ether oxygens (including phenoxy) is 1. The molecule has 1 aliphatic heterocycles. The molecule has 17 heavy (non-hydrogen) atoms. The molecule has 1 saturated heterocycles. The first kappa shape index (κ1) is 12.6. The molecule has 1 aromatic rings. The van der Waals surface area contributed by atoms with Gasteiger partial charge in [-0.25, -0.2) is 4.98 Å². The summed E-state index contributed by atoms with van der Waals surface area (Å²) >= 11 is 0. The first-order valence-electron chi connectivity index (χ1n) is 6.60. The van der Waals surface area contributed by atoms with Crippen LogP contribution in [-0.2, 0) is 11.3 Å². The normalized spacial score (nSPS) is 20.3. The Kier molecular flexibility index (Phi) is 4.57. The van der Waals surface area contributed by atoms with Crippen LogP contribution in [0.15, 0.2) is 12.4 Å². The number of hydrogen-bond acceptors (Lipinski definition) is 3. The zero-order valence-electron chi connectivity index (χ0n) is 10.9. The van der Waals surface area contributed by atoms with Crippen molar-refractivity contribution in [1.29, 1.82) is 0 Å². The van der Waals surface area contributed by atoms with Crippen LogP contribution in [0.4, 0.5) is 0 Å². The molecule has 96 valence electrons. The lowest BCUT2D eigenvalue weighted by molar-refractivity contribution is 0.110. The Balaban J connectivity index is 1.68. The predicted octanol–water partition coefficient (Wildman–Crippen LogP) is 1.78. The Labute approximate surface area is 103 Å². The van der Waals surface area contributed by atoms with Gasteiger partial charge in [0.05, 0.1) is 6.10 Å². The summed E-state index contributed by atoms with van der Waals surface area (Å²) in [4.78, 5) is 4.38. The molecule has 4 heteroatoms. The van der Waals surface area contributed by atoms with Crippen molar-refractivity contribution in [2.24, 2.45) is 0 Å². The van der Waals surface area contributed by atoms with Crippen LogP contribution in [0.1, 0.15) is 38.4 Å². The van der Waals surface area contributed by atoms with Crippen molar-refractivity contribution in [2.45, 2.75) is 45.3 Å². The monoisotopic (exact) mass is 237 g/mol. The van der Waals surface area contributed by atoms with Gasteiger partial charge >= 0.3 is 0 Å². The highest BCUT2D eigenvalue weighted by molar-refractivity contribution is 4.97. The van der Waals surface area contributed by atoms with Gasteiger partial charge in [-0.15, -0.1) is 0 Å². The molecule has 1 unspecified atom stereocenters. The summed E-state index contributed by atoms with van der Waals surface area (Å²) in [7, 11) is 0. The molecule has 0 bridgehead atoms. The maximum atomic E-state index is 5.57. The minimum atomic E-state index is 0.433. The van der Waals surface area contributed by atoms with Gasteiger partial charge < -0.3 is 14.6 Å². The highest BCUT2D eigenvalue weighted by Crippen LogP contribution is 2.12. The van der Waals surface area contributed by atoms with E-state index >= 15 is 0 Å². The van der Waals surface area contributed by atoms with Gasteiger partial charge in [-0.1, -0.05) is 13.8 Å². The molecule has 0 saturated carbocycles. The Morgan fingerprint density at radius 2 is 2.47 bits per heavy atom. The molecule has 4 nitrogen and oxygen atoms in total. The highest BCUT2D eigenvalue weighted by atomic mass is 16.5. The maximum absolute atomic E-state index is 5.57. The third kappa shape index (κ3) is 3.54. The van der Waals surface area contributed by atoms with Crippen molar-refractivity contribution in [3.8, 4) is 0 Å². The van der Waals surface area contributed by atoms with Crippen LogP contribution >= 0.6 is 0 Å². The van der Waals surface area contributed by atoms with Crippen LogP contribution in [0, 0.1) is 0 Å².